The second-order valence-corrected chi connectivity index (χ2v) is 5.04. The third kappa shape index (κ3) is 2.73. The van der Waals surface area contributed by atoms with Gasteiger partial charge in [-0.25, -0.2) is 9.97 Å². The summed E-state index contributed by atoms with van der Waals surface area (Å²) in [4.78, 5) is 7.99. The SMILES string of the molecule is COc1ccc(Nc2ncnc(N)c2Br)cc1Br. The lowest BCUT2D eigenvalue weighted by Crippen LogP contribution is -2.00. The Kier molecular flexibility index (Phi) is 4.03. The van der Waals surface area contributed by atoms with Crippen molar-refractivity contribution in [3.8, 4) is 5.75 Å². The van der Waals surface area contributed by atoms with Gasteiger partial charge in [0.05, 0.1) is 11.6 Å². The molecular weight excluding hydrogens is 364 g/mol. The first-order valence-electron chi connectivity index (χ1n) is 4.98. The van der Waals surface area contributed by atoms with E-state index in [9.17, 15) is 0 Å². The summed E-state index contributed by atoms with van der Waals surface area (Å²) in [5.74, 6) is 1.77. The van der Waals surface area contributed by atoms with Gasteiger partial charge in [-0.2, -0.15) is 0 Å². The zero-order valence-corrected chi connectivity index (χ0v) is 12.6. The number of nitrogens with two attached hydrogens (primary N) is 1. The lowest BCUT2D eigenvalue weighted by atomic mass is 10.3. The van der Waals surface area contributed by atoms with E-state index in [2.05, 4.69) is 47.1 Å². The number of halogens is 2. The Morgan fingerprint density at radius 2 is 2.06 bits per heavy atom. The molecule has 0 bridgehead atoms. The maximum atomic E-state index is 5.68. The molecule has 1 heterocycles. The summed E-state index contributed by atoms with van der Waals surface area (Å²) < 4.78 is 6.65. The fourth-order valence-corrected chi connectivity index (χ4v) is 2.20. The monoisotopic (exact) mass is 372 g/mol. The fraction of sp³-hybridized carbons (Fsp3) is 0.0909. The zero-order chi connectivity index (χ0) is 13.1. The first-order chi connectivity index (χ1) is 8.61. The topological polar surface area (TPSA) is 73.1 Å². The largest absolute Gasteiger partial charge is 0.496 e. The number of nitrogen functional groups attached to an aromatic ring is 1. The summed E-state index contributed by atoms with van der Waals surface area (Å²) in [6.07, 6.45) is 1.40. The lowest BCUT2D eigenvalue weighted by Gasteiger charge is -2.10. The summed E-state index contributed by atoms with van der Waals surface area (Å²) in [6.45, 7) is 0. The van der Waals surface area contributed by atoms with E-state index in [1.165, 1.54) is 6.33 Å². The minimum absolute atomic E-state index is 0.389. The second kappa shape index (κ2) is 5.53. The van der Waals surface area contributed by atoms with Crippen LogP contribution in [0.5, 0.6) is 5.75 Å². The zero-order valence-electron chi connectivity index (χ0n) is 9.45. The molecule has 0 amide bonds. The number of rotatable bonds is 3. The maximum absolute atomic E-state index is 5.68. The van der Waals surface area contributed by atoms with Crippen LogP contribution in [0.4, 0.5) is 17.3 Å². The molecule has 5 nitrogen and oxygen atoms in total. The molecule has 0 aliphatic rings. The number of methoxy groups -OCH3 is 1. The molecule has 0 unspecified atom stereocenters. The Morgan fingerprint density at radius 3 is 2.72 bits per heavy atom. The van der Waals surface area contributed by atoms with Crippen molar-refractivity contribution in [2.45, 2.75) is 0 Å². The first-order valence-corrected chi connectivity index (χ1v) is 6.57. The molecule has 2 aromatic rings. The molecule has 2 rings (SSSR count). The number of nitrogens with zero attached hydrogens (tertiary/aromatic N) is 2. The third-order valence-corrected chi connectivity index (χ3v) is 3.63. The molecule has 0 saturated heterocycles. The van der Waals surface area contributed by atoms with E-state index in [-0.39, 0.29) is 0 Å². The van der Waals surface area contributed by atoms with Crippen LogP contribution in [0.15, 0.2) is 33.5 Å². The number of ether oxygens (including phenoxy) is 1. The maximum Gasteiger partial charge on any atom is 0.150 e. The molecule has 0 radical (unpaired) electrons. The molecule has 18 heavy (non-hydrogen) atoms. The van der Waals surface area contributed by atoms with E-state index in [1.807, 2.05) is 18.2 Å². The summed E-state index contributed by atoms with van der Waals surface area (Å²) in [6, 6.07) is 5.63. The van der Waals surface area contributed by atoms with Crippen LogP contribution >= 0.6 is 31.9 Å². The van der Waals surface area contributed by atoms with E-state index in [0.29, 0.717) is 16.1 Å². The van der Waals surface area contributed by atoms with Crippen molar-refractivity contribution in [1.82, 2.24) is 9.97 Å². The van der Waals surface area contributed by atoms with Gasteiger partial charge < -0.3 is 15.8 Å². The van der Waals surface area contributed by atoms with Crippen LogP contribution in [0, 0.1) is 0 Å². The summed E-state index contributed by atoms with van der Waals surface area (Å²) in [5, 5.41) is 3.14. The van der Waals surface area contributed by atoms with Crippen LogP contribution in [-0.4, -0.2) is 17.1 Å². The van der Waals surface area contributed by atoms with Gasteiger partial charge in [0.1, 0.15) is 28.2 Å². The van der Waals surface area contributed by atoms with Gasteiger partial charge in [0, 0.05) is 5.69 Å². The molecule has 0 aliphatic carbocycles. The molecule has 94 valence electrons. The standard InChI is InChI=1S/C11H10Br2N4O/c1-18-8-3-2-6(4-7(8)12)17-11-9(13)10(14)15-5-16-11/h2-5H,1H3,(H3,14,15,16,17). The number of anilines is 3. The number of hydrogen-bond donors (Lipinski definition) is 2. The summed E-state index contributed by atoms with van der Waals surface area (Å²) >= 11 is 6.75. The highest BCUT2D eigenvalue weighted by Crippen LogP contribution is 2.31. The normalized spacial score (nSPS) is 10.2. The van der Waals surface area contributed by atoms with Gasteiger partial charge in [-0.3, -0.25) is 0 Å². The van der Waals surface area contributed by atoms with Crippen molar-refractivity contribution in [1.29, 1.82) is 0 Å². The predicted octanol–water partition coefficient (Wildman–Crippen LogP) is 3.34. The van der Waals surface area contributed by atoms with E-state index in [0.717, 1.165) is 15.9 Å². The molecule has 0 atom stereocenters. The van der Waals surface area contributed by atoms with Crippen molar-refractivity contribution in [3.05, 3.63) is 33.5 Å². The molecular formula is C11H10Br2N4O. The highest BCUT2D eigenvalue weighted by Gasteiger charge is 2.07. The summed E-state index contributed by atoms with van der Waals surface area (Å²) in [7, 11) is 1.62. The van der Waals surface area contributed by atoms with Crippen molar-refractivity contribution in [3.63, 3.8) is 0 Å². The Labute approximate surface area is 121 Å². The van der Waals surface area contributed by atoms with E-state index < -0.39 is 0 Å². The molecule has 0 saturated carbocycles. The lowest BCUT2D eigenvalue weighted by molar-refractivity contribution is 0.412. The minimum Gasteiger partial charge on any atom is -0.496 e. The highest BCUT2D eigenvalue weighted by molar-refractivity contribution is 9.11. The van der Waals surface area contributed by atoms with Gasteiger partial charge in [-0.1, -0.05) is 0 Å². The number of benzene rings is 1. The van der Waals surface area contributed by atoms with E-state index in [1.54, 1.807) is 7.11 Å². The van der Waals surface area contributed by atoms with Crippen molar-refractivity contribution in [2.24, 2.45) is 0 Å². The average Bonchev–Trinajstić information content (AvgIpc) is 2.35. The molecule has 3 N–H and O–H groups in total. The molecule has 1 aromatic carbocycles. The van der Waals surface area contributed by atoms with Crippen molar-refractivity contribution in [2.75, 3.05) is 18.2 Å². The van der Waals surface area contributed by atoms with Crippen LogP contribution in [-0.2, 0) is 0 Å². The van der Waals surface area contributed by atoms with Crippen molar-refractivity contribution >= 4 is 49.2 Å². The molecule has 0 spiro atoms. The molecule has 1 aromatic heterocycles. The molecule has 0 fully saturated rings. The van der Waals surface area contributed by atoms with Gasteiger partial charge in [0.15, 0.2) is 0 Å². The Morgan fingerprint density at radius 1 is 1.28 bits per heavy atom. The third-order valence-electron chi connectivity index (χ3n) is 2.23. The van der Waals surface area contributed by atoms with Gasteiger partial charge in [-0.15, -0.1) is 0 Å². The Bertz CT molecular complexity index is 577. The smallest absolute Gasteiger partial charge is 0.150 e. The average molecular weight is 374 g/mol. The van der Waals surface area contributed by atoms with E-state index in [4.69, 9.17) is 10.5 Å². The van der Waals surface area contributed by atoms with Gasteiger partial charge in [0.2, 0.25) is 0 Å². The Balaban J connectivity index is 2.29. The number of hydrogen-bond acceptors (Lipinski definition) is 5. The quantitative estimate of drug-likeness (QED) is 0.863. The predicted molar refractivity (Wildman–Crippen MR) is 78.1 cm³/mol. The van der Waals surface area contributed by atoms with Crippen LogP contribution in [0.25, 0.3) is 0 Å². The fourth-order valence-electron chi connectivity index (χ4n) is 1.35. The Hall–Kier alpha value is -1.34. The first kappa shape index (κ1) is 13.1. The van der Waals surface area contributed by atoms with Crippen LogP contribution in [0.1, 0.15) is 0 Å². The van der Waals surface area contributed by atoms with Crippen LogP contribution in [0.3, 0.4) is 0 Å². The minimum atomic E-state index is 0.389. The summed E-state index contributed by atoms with van der Waals surface area (Å²) in [5.41, 5.74) is 6.55. The van der Waals surface area contributed by atoms with Crippen LogP contribution < -0.4 is 15.8 Å². The number of aromatic nitrogens is 2. The molecule has 7 heteroatoms. The second-order valence-electron chi connectivity index (χ2n) is 3.40. The molecule has 0 aliphatic heterocycles. The number of nitrogens with one attached hydrogen (secondary N) is 1. The van der Waals surface area contributed by atoms with Gasteiger partial charge in [-0.05, 0) is 50.1 Å². The van der Waals surface area contributed by atoms with Gasteiger partial charge >= 0.3 is 0 Å². The van der Waals surface area contributed by atoms with Crippen LogP contribution in [0.2, 0.25) is 0 Å². The highest BCUT2D eigenvalue weighted by atomic mass is 79.9. The van der Waals surface area contributed by atoms with E-state index >= 15 is 0 Å². The van der Waals surface area contributed by atoms with Gasteiger partial charge in [0.25, 0.3) is 0 Å². The van der Waals surface area contributed by atoms with Crippen molar-refractivity contribution < 1.29 is 4.74 Å².